The molecule has 1 aromatic rings. The highest BCUT2D eigenvalue weighted by Crippen LogP contribution is 2.50. The van der Waals surface area contributed by atoms with Crippen LogP contribution in [0, 0.1) is 0 Å². The number of benzene rings is 1. The van der Waals surface area contributed by atoms with E-state index in [4.69, 9.17) is 14.9 Å². The highest BCUT2D eigenvalue weighted by atomic mass is 16.5. The van der Waals surface area contributed by atoms with Gasteiger partial charge in [0.15, 0.2) is 11.5 Å². The van der Waals surface area contributed by atoms with Gasteiger partial charge in [-0.1, -0.05) is 0 Å². The lowest BCUT2D eigenvalue weighted by Crippen LogP contribution is -2.20. The zero-order chi connectivity index (χ0) is 13.5. The molecular weight excluding hydrogens is 240 g/mol. The zero-order valence-corrected chi connectivity index (χ0v) is 9.64. The summed E-state index contributed by atoms with van der Waals surface area (Å²) < 4.78 is 4.87. The van der Waals surface area contributed by atoms with Crippen molar-refractivity contribution in [2.75, 3.05) is 7.11 Å². The van der Waals surface area contributed by atoms with E-state index in [0.29, 0.717) is 18.4 Å². The minimum atomic E-state index is -1.33. The molecule has 0 aliphatic heterocycles. The van der Waals surface area contributed by atoms with Gasteiger partial charge in [0.2, 0.25) is 0 Å². The van der Waals surface area contributed by atoms with Crippen LogP contribution in [0.2, 0.25) is 0 Å². The molecule has 3 N–H and O–H groups in total. The number of hydrogen-bond donors (Lipinski definition) is 3. The molecule has 1 fully saturated rings. The number of ether oxygens (including phenoxy) is 1. The molecule has 0 bridgehead atoms. The third kappa shape index (κ3) is 1.66. The van der Waals surface area contributed by atoms with E-state index in [0.717, 1.165) is 0 Å². The molecule has 6 heteroatoms. The molecule has 0 unspecified atom stereocenters. The number of carboxylic acid groups (broad SMARTS) is 2. The van der Waals surface area contributed by atoms with Gasteiger partial charge in [0.25, 0.3) is 0 Å². The van der Waals surface area contributed by atoms with Gasteiger partial charge < -0.3 is 20.1 Å². The van der Waals surface area contributed by atoms with Crippen LogP contribution in [0.4, 0.5) is 0 Å². The minimum Gasteiger partial charge on any atom is -0.504 e. The number of aromatic hydroxyl groups is 1. The lowest BCUT2D eigenvalue weighted by atomic mass is 9.93. The second kappa shape index (κ2) is 3.90. The third-order valence-corrected chi connectivity index (χ3v) is 3.24. The Morgan fingerprint density at radius 1 is 1.28 bits per heavy atom. The number of aliphatic carboxylic acids is 1. The molecule has 0 aromatic heterocycles. The van der Waals surface area contributed by atoms with Crippen LogP contribution in [0.25, 0.3) is 0 Å². The fourth-order valence-electron chi connectivity index (χ4n) is 1.95. The molecule has 1 aromatic carbocycles. The Morgan fingerprint density at radius 3 is 2.28 bits per heavy atom. The maximum absolute atomic E-state index is 11.2. The Morgan fingerprint density at radius 2 is 1.89 bits per heavy atom. The third-order valence-electron chi connectivity index (χ3n) is 3.24. The molecule has 2 rings (SSSR count). The van der Waals surface area contributed by atoms with Crippen LogP contribution in [-0.2, 0) is 10.2 Å². The Bertz CT molecular complexity index is 530. The quantitative estimate of drug-likeness (QED) is 0.744. The van der Waals surface area contributed by atoms with Crippen molar-refractivity contribution in [3.63, 3.8) is 0 Å². The van der Waals surface area contributed by atoms with Crippen LogP contribution in [0.1, 0.15) is 28.8 Å². The molecule has 1 aliphatic carbocycles. The van der Waals surface area contributed by atoms with Crippen LogP contribution in [0.3, 0.4) is 0 Å². The van der Waals surface area contributed by atoms with E-state index in [1.807, 2.05) is 0 Å². The van der Waals surface area contributed by atoms with Crippen LogP contribution < -0.4 is 4.74 Å². The second-order valence-corrected chi connectivity index (χ2v) is 4.27. The van der Waals surface area contributed by atoms with Gasteiger partial charge in [-0.2, -0.15) is 0 Å². The van der Waals surface area contributed by atoms with Crippen LogP contribution in [0.5, 0.6) is 11.5 Å². The molecular formula is C12H12O6. The molecule has 0 amide bonds. The summed E-state index contributed by atoms with van der Waals surface area (Å²) in [7, 11) is 1.28. The Kier molecular flexibility index (Phi) is 2.65. The number of methoxy groups -OCH3 is 1. The van der Waals surface area contributed by atoms with Gasteiger partial charge in [-0.15, -0.1) is 0 Å². The van der Waals surface area contributed by atoms with Crippen molar-refractivity contribution in [3.05, 3.63) is 23.3 Å². The van der Waals surface area contributed by atoms with Crippen LogP contribution in [-0.4, -0.2) is 34.4 Å². The maximum atomic E-state index is 11.2. The topological polar surface area (TPSA) is 104 Å². The van der Waals surface area contributed by atoms with Crippen molar-refractivity contribution in [1.29, 1.82) is 0 Å². The van der Waals surface area contributed by atoms with E-state index in [1.54, 1.807) is 0 Å². The Balaban J connectivity index is 2.60. The minimum absolute atomic E-state index is 0.0302. The summed E-state index contributed by atoms with van der Waals surface area (Å²) in [4.78, 5) is 22.2. The summed E-state index contributed by atoms with van der Waals surface area (Å²) in [5.41, 5.74) is -1.04. The van der Waals surface area contributed by atoms with Crippen molar-refractivity contribution >= 4 is 11.9 Å². The molecule has 96 valence electrons. The number of rotatable bonds is 4. The predicted molar refractivity (Wildman–Crippen MR) is 60.2 cm³/mol. The summed E-state index contributed by atoms with van der Waals surface area (Å²) in [6.45, 7) is 0. The summed E-state index contributed by atoms with van der Waals surface area (Å²) >= 11 is 0. The van der Waals surface area contributed by atoms with Crippen molar-refractivity contribution in [3.8, 4) is 11.5 Å². The van der Waals surface area contributed by atoms with Crippen molar-refractivity contribution in [2.45, 2.75) is 18.3 Å². The zero-order valence-electron chi connectivity index (χ0n) is 9.64. The van der Waals surface area contributed by atoms with Crippen molar-refractivity contribution in [2.24, 2.45) is 0 Å². The smallest absolute Gasteiger partial charge is 0.339 e. The fourth-order valence-corrected chi connectivity index (χ4v) is 1.95. The first-order valence-corrected chi connectivity index (χ1v) is 5.30. The monoisotopic (exact) mass is 252 g/mol. The highest BCUT2D eigenvalue weighted by Gasteiger charge is 2.52. The van der Waals surface area contributed by atoms with E-state index in [2.05, 4.69) is 0 Å². The van der Waals surface area contributed by atoms with Gasteiger partial charge in [0.1, 0.15) is 5.56 Å². The summed E-state index contributed by atoms with van der Waals surface area (Å²) in [6, 6.07) is 2.57. The van der Waals surface area contributed by atoms with Gasteiger partial charge in [0, 0.05) is 0 Å². The largest absolute Gasteiger partial charge is 0.504 e. The van der Waals surface area contributed by atoms with Crippen molar-refractivity contribution < 1.29 is 29.6 Å². The summed E-state index contributed by atoms with van der Waals surface area (Å²) in [5, 5.41) is 27.8. The van der Waals surface area contributed by atoms with Crippen molar-refractivity contribution in [1.82, 2.24) is 0 Å². The van der Waals surface area contributed by atoms with Gasteiger partial charge in [-0.3, -0.25) is 4.79 Å². The number of aromatic carboxylic acids is 1. The number of hydrogen-bond acceptors (Lipinski definition) is 4. The van der Waals surface area contributed by atoms with E-state index < -0.39 is 23.1 Å². The van der Waals surface area contributed by atoms with E-state index in [-0.39, 0.29) is 11.3 Å². The SMILES string of the molecule is COc1cc(C2(C(=O)O)CC2)cc(C(=O)O)c1O. The van der Waals surface area contributed by atoms with E-state index >= 15 is 0 Å². The van der Waals surface area contributed by atoms with Gasteiger partial charge >= 0.3 is 11.9 Å². The summed E-state index contributed by atoms with van der Waals surface area (Å²) in [6.07, 6.45) is 0.907. The number of carboxylic acids is 2. The molecule has 0 heterocycles. The maximum Gasteiger partial charge on any atom is 0.339 e. The number of phenols is 1. The van der Waals surface area contributed by atoms with Gasteiger partial charge in [-0.25, -0.2) is 4.79 Å². The van der Waals surface area contributed by atoms with Gasteiger partial charge in [0.05, 0.1) is 12.5 Å². The molecule has 1 aliphatic rings. The average Bonchev–Trinajstić information content (AvgIpc) is 3.10. The lowest BCUT2D eigenvalue weighted by molar-refractivity contribution is -0.140. The van der Waals surface area contributed by atoms with Crippen LogP contribution >= 0.6 is 0 Å². The first-order chi connectivity index (χ1) is 8.42. The Hall–Kier alpha value is -2.24. The number of carbonyl (C=O) groups is 2. The standard InChI is InChI=1S/C12H12O6/c1-18-8-5-6(12(2-3-12)11(16)17)4-7(9(8)13)10(14)15/h4-5,13H,2-3H2,1H3,(H,14,15)(H,16,17). The first-order valence-electron chi connectivity index (χ1n) is 5.30. The predicted octanol–water partition coefficient (Wildman–Crippen LogP) is 1.22. The Labute approximate surface area is 102 Å². The fraction of sp³-hybridized carbons (Fsp3) is 0.333. The molecule has 0 spiro atoms. The average molecular weight is 252 g/mol. The molecule has 0 saturated heterocycles. The molecule has 0 radical (unpaired) electrons. The summed E-state index contributed by atoms with van der Waals surface area (Å²) in [5.74, 6) is -2.84. The van der Waals surface area contributed by atoms with E-state index in [9.17, 15) is 14.7 Å². The highest BCUT2D eigenvalue weighted by molar-refractivity contribution is 5.93. The van der Waals surface area contributed by atoms with Crippen LogP contribution in [0.15, 0.2) is 12.1 Å². The first kappa shape index (κ1) is 12.2. The lowest BCUT2D eigenvalue weighted by Gasteiger charge is -2.14. The molecule has 1 saturated carbocycles. The van der Waals surface area contributed by atoms with Gasteiger partial charge in [-0.05, 0) is 30.5 Å². The van der Waals surface area contributed by atoms with E-state index in [1.165, 1.54) is 19.2 Å². The second-order valence-electron chi connectivity index (χ2n) is 4.27. The normalized spacial score (nSPS) is 16.1. The molecule has 0 atom stereocenters. The molecule has 18 heavy (non-hydrogen) atoms. The molecule has 6 nitrogen and oxygen atoms in total.